The van der Waals surface area contributed by atoms with Crippen molar-refractivity contribution in [3.63, 3.8) is 0 Å². The van der Waals surface area contributed by atoms with Crippen molar-refractivity contribution in [1.29, 1.82) is 5.26 Å². The summed E-state index contributed by atoms with van der Waals surface area (Å²) in [7, 11) is 1.83. The van der Waals surface area contributed by atoms with Gasteiger partial charge in [-0.3, -0.25) is 4.90 Å². The topological polar surface area (TPSA) is 69.8 Å². The van der Waals surface area contributed by atoms with Crippen molar-refractivity contribution in [3.8, 4) is 6.07 Å². The standard InChI is InChI=1S/C11H18N6/c1-11(8-12,13-2)3-4-16-5-6-17-9-14-15-10(17)7-16/h9,13H,3-7H2,1-2H3. The molecular weight excluding hydrogens is 216 g/mol. The third kappa shape index (κ3) is 2.62. The predicted molar refractivity (Wildman–Crippen MR) is 63.0 cm³/mol. The molecular formula is C11H18N6. The second kappa shape index (κ2) is 4.82. The van der Waals surface area contributed by atoms with Gasteiger partial charge in [0.25, 0.3) is 0 Å². The minimum atomic E-state index is -0.439. The van der Waals surface area contributed by atoms with Gasteiger partial charge in [-0.2, -0.15) is 5.26 Å². The molecule has 1 aromatic rings. The number of rotatable bonds is 4. The van der Waals surface area contributed by atoms with Gasteiger partial charge in [-0.1, -0.05) is 0 Å². The largest absolute Gasteiger partial charge is 0.315 e. The lowest BCUT2D eigenvalue weighted by molar-refractivity contribution is 0.200. The summed E-state index contributed by atoms with van der Waals surface area (Å²) in [6.45, 7) is 5.59. The average Bonchev–Trinajstić information content (AvgIpc) is 2.83. The summed E-state index contributed by atoms with van der Waals surface area (Å²) < 4.78 is 2.08. The van der Waals surface area contributed by atoms with Crippen LogP contribution in [0, 0.1) is 11.3 Å². The average molecular weight is 234 g/mol. The number of fused-ring (bicyclic) bond motifs is 1. The van der Waals surface area contributed by atoms with Crippen LogP contribution in [0.5, 0.6) is 0 Å². The van der Waals surface area contributed by atoms with Crippen LogP contribution in [0.15, 0.2) is 6.33 Å². The number of nitrogens with one attached hydrogen (secondary N) is 1. The van der Waals surface area contributed by atoms with Gasteiger partial charge in [0.2, 0.25) is 0 Å². The molecule has 1 N–H and O–H groups in total. The van der Waals surface area contributed by atoms with Gasteiger partial charge in [-0.05, 0) is 20.4 Å². The van der Waals surface area contributed by atoms with Crippen LogP contribution in [0.1, 0.15) is 19.2 Å². The minimum Gasteiger partial charge on any atom is -0.315 e. The quantitative estimate of drug-likeness (QED) is 0.793. The first-order valence-electron chi connectivity index (χ1n) is 5.86. The molecule has 0 aliphatic carbocycles. The Morgan fingerprint density at radius 3 is 3.12 bits per heavy atom. The lowest BCUT2D eigenvalue weighted by atomic mass is 10.00. The van der Waals surface area contributed by atoms with E-state index >= 15 is 0 Å². The van der Waals surface area contributed by atoms with E-state index in [1.54, 1.807) is 6.33 Å². The zero-order valence-corrected chi connectivity index (χ0v) is 10.3. The molecule has 0 spiro atoms. The molecule has 1 unspecified atom stereocenters. The SMILES string of the molecule is CNC(C)(C#N)CCN1CCn2cnnc2C1. The number of hydrogen-bond acceptors (Lipinski definition) is 5. The van der Waals surface area contributed by atoms with Gasteiger partial charge in [0.1, 0.15) is 17.7 Å². The van der Waals surface area contributed by atoms with Crippen LogP contribution >= 0.6 is 0 Å². The van der Waals surface area contributed by atoms with Crippen LogP contribution < -0.4 is 5.32 Å². The monoisotopic (exact) mass is 234 g/mol. The summed E-state index contributed by atoms with van der Waals surface area (Å²) in [6, 6.07) is 2.31. The normalized spacial score (nSPS) is 19.4. The molecule has 0 amide bonds. The molecule has 92 valence electrons. The molecule has 1 aliphatic rings. The van der Waals surface area contributed by atoms with E-state index in [0.717, 1.165) is 38.4 Å². The molecule has 1 atom stereocenters. The highest BCUT2D eigenvalue weighted by Crippen LogP contribution is 2.13. The Morgan fingerprint density at radius 2 is 2.41 bits per heavy atom. The Bertz CT molecular complexity index is 420. The number of nitrogens with zero attached hydrogens (tertiary/aromatic N) is 5. The van der Waals surface area contributed by atoms with Gasteiger partial charge in [-0.25, -0.2) is 0 Å². The first-order chi connectivity index (χ1) is 8.17. The fourth-order valence-electron chi connectivity index (χ4n) is 1.93. The second-order valence-corrected chi connectivity index (χ2v) is 4.66. The Balaban J connectivity index is 1.89. The Hall–Kier alpha value is -1.45. The highest BCUT2D eigenvalue weighted by atomic mass is 15.3. The van der Waals surface area contributed by atoms with E-state index in [1.165, 1.54) is 0 Å². The van der Waals surface area contributed by atoms with E-state index in [2.05, 4.69) is 31.1 Å². The lowest BCUT2D eigenvalue weighted by Crippen LogP contribution is -2.43. The van der Waals surface area contributed by atoms with Gasteiger partial charge in [-0.15, -0.1) is 10.2 Å². The fourth-order valence-corrected chi connectivity index (χ4v) is 1.93. The fraction of sp³-hybridized carbons (Fsp3) is 0.727. The maximum Gasteiger partial charge on any atom is 0.147 e. The van der Waals surface area contributed by atoms with Crippen molar-refractivity contribution >= 4 is 0 Å². The maximum absolute atomic E-state index is 9.08. The van der Waals surface area contributed by atoms with Gasteiger partial charge >= 0.3 is 0 Å². The molecule has 1 aromatic heterocycles. The molecule has 0 saturated heterocycles. The molecule has 2 rings (SSSR count). The highest BCUT2D eigenvalue weighted by molar-refractivity contribution is 5.03. The summed E-state index contributed by atoms with van der Waals surface area (Å²) in [4.78, 5) is 2.32. The molecule has 6 nitrogen and oxygen atoms in total. The zero-order chi connectivity index (χ0) is 12.3. The molecule has 0 saturated carbocycles. The molecule has 6 heteroatoms. The van der Waals surface area contributed by atoms with Crippen LogP contribution in [0.25, 0.3) is 0 Å². The first kappa shape index (κ1) is 12.0. The highest BCUT2D eigenvalue weighted by Gasteiger charge is 2.24. The Labute approximate surface area is 101 Å². The van der Waals surface area contributed by atoms with Crippen molar-refractivity contribution < 1.29 is 0 Å². The second-order valence-electron chi connectivity index (χ2n) is 4.66. The van der Waals surface area contributed by atoms with Gasteiger partial charge < -0.3 is 9.88 Å². The van der Waals surface area contributed by atoms with Crippen LogP contribution in [0.3, 0.4) is 0 Å². The number of aromatic nitrogens is 3. The number of nitriles is 1. The zero-order valence-electron chi connectivity index (χ0n) is 10.3. The molecule has 0 bridgehead atoms. The van der Waals surface area contributed by atoms with Gasteiger partial charge in [0, 0.05) is 19.6 Å². The van der Waals surface area contributed by atoms with Gasteiger partial charge in [0.15, 0.2) is 0 Å². The van der Waals surface area contributed by atoms with E-state index in [4.69, 9.17) is 5.26 Å². The van der Waals surface area contributed by atoms with E-state index < -0.39 is 5.54 Å². The third-order valence-corrected chi connectivity index (χ3v) is 3.44. The summed E-state index contributed by atoms with van der Waals surface area (Å²) in [5.41, 5.74) is -0.439. The summed E-state index contributed by atoms with van der Waals surface area (Å²) in [5, 5.41) is 20.1. The summed E-state index contributed by atoms with van der Waals surface area (Å²) in [5.74, 6) is 1.01. The number of hydrogen-bond donors (Lipinski definition) is 1. The van der Waals surface area contributed by atoms with Crippen LogP contribution in [-0.4, -0.2) is 45.3 Å². The van der Waals surface area contributed by atoms with E-state index in [1.807, 2.05) is 14.0 Å². The maximum atomic E-state index is 9.08. The molecule has 0 fully saturated rings. The Kier molecular flexibility index (Phi) is 3.41. The van der Waals surface area contributed by atoms with Crippen molar-refractivity contribution in [3.05, 3.63) is 12.2 Å². The predicted octanol–water partition coefficient (Wildman–Crippen LogP) is -0.0145. The Morgan fingerprint density at radius 1 is 1.59 bits per heavy atom. The van der Waals surface area contributed by atoms with E-state index in [-0.39, 0.29) is 0 Å². The first-order valence-corrected chi connectivity index (χ1v) is 5.86. The van der Waals surface area contributed by atoms with Crippen LogP contribution in [0.4, 0.5) is 0 Å². The van der Waals surface area contributed by atoms with Crippen molar-refractivity contribution in [2.24, 2.45) is 0 Å². The summed E-state index contributed by atoms with van der Waals surface area (Å²) in [6.07, 6.45) is 2.59. The van der Waals surface area contributed by atoms with E-state index in [0.29, 0.717) is 0 Å². The van der Waals surface area contributed by atoms with Crippen molar-refractivity contribution in [1.82, 2.24) is 25.0 Å². The van der Waals surface area contributed by atoms with Crippen LogP contribution in [0.2, 0.25) is 0 Å². The smallest absolute Gasteiger partial charge is 0.147 e. The molecule has 0 aromatic carbocycles. The lowest BCUT2D eigenvalue weighted by Gasteiger charge is -2.29. The molecule has 2 heterocycles. The third-order valence-electron chi connectivity index (χ3n) is 3.44. The molecule has 1 aliphatic heterocycles. The molecule has 17 heavy (non-hydrogen) atoms. The molecule has 0 radical (unpaired) electrons. The van der Waals surface area contributed by atoms with Gasteiger partial charge in [0.05, 0.1) is 12.6 Å². The summed E-state index contributed by atoms with van der Waals surface area (Å²) >= 11 is 0. The van der Waals surface area contributed by atoms with E-state index in [9.17, 15) is 0 Å². The van der Waals surface area contributed by atoms with Crippen molar-refractivity contribution in [2.75, 3.05) is 20.1 Å². The van der Waals surface area contributed by atoms with Crippen LogP contribution in [-0.2, 0) is 13.1 Å². The van der Waals surface area contributed by atoms with Crippen molar-refractivity contribution in [2.45, 2.75) is 32.0 Å². The minimum absolute atomic E-state index is 0.439.